The number of hydrogen-bond donors (Lipinski definition) is 0. The maximum Gasteiger partial charge on any atom is 1.00 e. The fourth-order valence-electron chi connectivity index (χ4n) is 1.86. The average molecular weight is 376 g/mol. The summed E-state index contributed by atoms with van der Waals surface area (Å²) >= 11 is 7.22. The molecular weight excluding hydrogens is 364 g/mol. The summed E-state index contributed by atoms with van der Waals surface area (Å²) in [6.07, 6.45) is 0.212. The summed E-state index contributed by atoms with van der Waals surface area (Å²) < 4.78 is 24.6. The summed E-state index contributed by atoms with van der Waals surface area (Å²) in [5.74, 6) is -0.141. The van der Waals surface area contributed by atoms with Crippen molar-refractivity contribution in [1.82, 2.24) is 4.98 Å². The molecule has 4 nitrogen and oxygen atoms in total. The minimum Gasteiger partial charge on any atom is -1.00 e. The molecule has 0 aliphatic rings. The molecular formula is C16H12ClFNNaO3S. The SMILES string of the molecule is CCC(=O)Oc1nc(-c2ccc(F)cc2)oc1-c1ccc(Cl)s1.[H-].[Na+]. The van der Waals surface area contributed by atoms with Gasteiger partial charge in [0.25, 0.3) is 5.88 Å². The number of carbonyl (C=O) groups is 1. The van der Waals surface area contributed by atoms with E-state index >= 15 is 0 Å². The first-order chi connectivity index (χ1) is 11.1. The van der Waals surface area contributed by atoms with Crippen molar-refractivity contribution in [2.24, 2.45) is 0 Å². The van der Waals surface area contributed by atoms with Gasteiger partial charge in [0.2, 0.25) is 11.7 Å². The van der Waals surface area contributed by atoms with E-state index in [1.54, 1.807) is 19.1 Å². The Kier molecular flexibility index (Phi) is 6.60. The molecule has 1 aromatic carbocycles. The van der Waals surface area contributed by atoms with Crippen molar-refractivity contribution in [2.75, 3.05) is 0 Å². The number of esters is 1. The molecule has 8 heteroatoms. The molecule has 0 amide bonds. The Bertz CT molecular complexity index is 853. The minimum atomic E-state index is -0.423. The summed E-state index contributed by atoms with van der Waals surface area (Å²) in [5.41, 5.74) is 0.578. The molecule has 0 saturated heterocycles. The second-order valence-corrected chi connectivity index (χ2v) is 6.31. The van der Waals surface area contributed by atoms with Crippen LogP contribution in [0.5, 0.6) is 5.88 Å². The van der Waals surface area contributed by atoms with Gasteiger partial charge in [0.15, 0.2) is 0 Å². The van der Waals surface area contributed by atoms with E-state index in [0.29, 0.717) is 20.5 Å². The van der Waals surface area contributed by atoms with Gasteiger partial charge in [-0.15, -0.1) is 11.3 Å². The van der Waals surface area contributed by atoms with Crippen molar-refractivity contribution in [3.63, 3.8) is 0 Å². The Labute approximate surface area is 170 Å². The smallest absolute Gasteiger partial charge is 1.00 e. The first-order valence-electron chi connectivity index (χ1n) is 6.80. The molecule has 2 aromatic heterocycles. The quantitative estimate of drug-likeness (QED) is 0.518. The van der Waals surface area contributed by atoms with Gasteiger partial charge in [0.1, 0.15) is 5.82 Å². The van der Waals surface area contributed by atoms with Gasteiger partial charge in [-0.05, 0) is 36.4 Å². The van der Waals surface area contributed by atoms with E-state index in [9.17, 15) is 9.18 Å². The van der Waals surface area contributed by atoms with Crippen LogP contribution in [-0.4, -0.2) is 11.0 Å². The van der Waals surface area contributed by atoms with Gasteiger partial charge in [-0.2, -0.15) is 4.98 Å². The normalized spacial score (nSPS) is 10.3. The third-order valence-electron chi connectivity index (χ3n) is 2.98. The molecule has 0 atom stereocenters. The van der Waals surface area contributed by atoms with Crippen LogP contribution in [0.1, 0.15) is 14.8 Å². The number of oxazole rings is 1. The molecule has 120 valence electrons. The van der Waals surface area contributed by atoms with Crippen LogP contribution in [0.25, 0.3) is 22.1 Å². The summed E-state index contributed by atoms with van der Waals surface area (Å²) in [6.45, 7) is 1.69. The van der Waals surface area contributed by atoms with E-state index in [2.05, 4.69) is 4.98 Å². The maximum atomic E-state index is 13.0. The van der Waals surface area contributed by atoms with Crippen molar-refractivity contribution in [3.05, 3.63) is 46.6 Å². The van der Waals surface area contributed by atoms with Gasteiger partial charge in [0, 0.05) is 12.0 Å². The third kappa shape index (κ3) is 4.26. The Morgan fingerprint density at radius 2 is 2.04 bits per heavy atom. The molecule has 0 aliphatic heterocycles. The molecule has 0 radical (unpaired) electrons. The van der Waals surface area contributed by atoms with E-state index in [0.717, 1.165) is 0 Å². The largest absolute Gasteiger partial charge is 1.00 e. The zero-order valence-electron chi connectivity index (χ0n) is 14.0. The van der Waals surface area contributed by atoms with Gasteiger partial charge in [-0.25, -0.2) is 4.39 Å². The molecule has 2 heterocycles. The van der Waals surface area contributed by atoms with Gasteiger partial charge < -0.3 is 10.6 Å². The molecule has 0 unspecified atom stereocenters. The monoisotopic (exact) mass is 375 g/mol. The zero-order chi connectivity index (χ0) is 16.4. The number of halogens is 2. The first kappa shape index (κ1) is 19.1. The summed E-state index contributed by atoms with van der Waals surface area (Å²) in [6, 6.07) is 9.16. The van der Waals surface area contributed by atoms with Crippen LogP contribution >= 0.6 is 22.9 Å². The number of benzene rings is 1. The molecule has 0 spiro atoms. The number of nitrogens with zero attached hydrogens (tertiary/aromatic N) is 1. The van der Waals surface area contributed by atoms with Crippen molar-refractivity contribution < 1.29 is 49.3 Å². The van der Waals surface area contributed by atoms with E-state index in [-0.39, 0.29) is 55.0 Å². The van der Waals surface area contributed by atoms with Crippen molar-refractivity contribution >= 4 is 28.9 Å². The van der Waals surface area contributed by atoms with Crippen LogP contribution in [0.4, 0.5) is 4.39 Å². The molecule has 0 fully saturated rings. The first-order valence-corrected chi connectivity index (χ1v) is 7.99. The number of ether oxygens (including phenoxy) is 1. The number of rotatable bonds is 4. The fraction of sp³-hybridized carbons (Fsp3) is 0.125. The molecule has 3 aromatic rings. The van der Waals surface area contributed by atoms with Crippen LogP contribution in [0.15, 0.2) is 40.8 Å². The van der Waals surface area contributed by atoms with Gasteiger partial charge in [0.05, 0.1) is 9.21 Å². The maximum absolute atomic E-state index is 13.0. The van der Waals surface area contributed by atoms with E-state index in [1.807, 2.05) is 0 Å². The zero-order valence-corrected chi connectivity index (χ0v) is 16.6. The number of aromatic nitrogens is 1. The van der Waals surface area contributed by atoms with Gasteiger partial charge >= 0.3 is 35.5 Å². The Morgan fingerprint density at radius 1 is 1.33 bits per heavy atom. The predicted octanol–water partition coefficient (Wildman–Crippen LogP) is 2.29. The van der Waals surface area contributed by atoms with Gasteiger partial charge in [-0.3, -0.25) is 4.79 Å². The number of carbonyl (C=O) groups excluding carboxylic acids is 1. The molecule has 0 aliphatic carbocycles. The molecule has 0 N–H and O–H groups in total. The molecule has 0 saturated carbocycles. The Hall–Kier alpha value is -1.18. The third-order valence-corrected chi connectivity index (χ3v) is 4.21. The van der Waals surface area contributed by atoms with Gasteiger partial charge in [-0.1, -0.05) is 18.5 Å². The average Bonchev–Trinajstić information content (AvgIpc) is 3.14. The van der Waals surface area contributed by atoms with Crippen molar-refractivity contribution in [3.8, 4) is 28.0 Å². The van der Waals surface area contributed by atoms with Crippen LogP contribution in [0, 0.1) is 5.82 Å². The van der Waals surface area contributed by atoms with Crippen LogP contribution < -0.4 is 34.3 Å². The summed E-state index contributed by atoms with van der Waals surface area (Å²) in [4.78, 5) is 16.5. The summed E-state index contributed by atoms with van der Waals surface area (Å²) in [7, 11) is 0. The Morgan fingerprint density at radius 3 is 2.62 bits per heavy atom. The molecule has 3 rings (SSSR count). The fourth-order valence-corrected chi connectivity index (χ4v) is 2.88. The summed E-state index contributed by atoms with van der Waals surface area (Å²) in [5, 5.41) is 0. The second kappa shape index (κ2) is 8.27. The van der Waals surface area contributed by atoms with Crippen LogP contribution in [-0.2, 0) is 4.79 Å². The standard InChI is InChI=1S/C16H11ClFNO3S.Na.H/c1-2-13(20)21-16-14(11-7-8-12(17)23-11)22-15(19-16)9-3-5-10(18)6-4-9;;/h3-8H,2H2,1H3;;/q;+1;-1. The van der Waals surface area contributed by atoms with Crippen molar-refractivity contribution in [2.45, 2.75) is 13.3 Å². The topological polar surface area (TPSA) is 52.3 Å². The van der Waals surface area contributed by atoms with E-state index < -0.39 is 5.97 Å². The number of hydrogen-bond acceptors (Lipinski definition) is 5. The van der Waals surface area contributed by atoms with E-state index in [1.165, 1.54) is 35.6 Å². The van der Waals surface area contributed by atoms with Crippen molar-refractivity contribution in [1.29, 1.82) is 0 Å². The second-order valence-electron chi connectivity index (χ2n) is 4.59. The minimum absolute atomic E-state index is 0. The molecule has 0 bridgehead atoms. The van der Waals surface area contributed by atoms with Crippen LogP contribution in [0.3, 0.4) is 0 Å². The molecule has 24 heavy (non-hydrogen) atoms. The Balaban J connectivity index is 0.00000156. The van der Waals surface area contributed by atoms with Crippen LogP contribution in [0.2, 0.25) is 4.34 Å². The number of thiophene rings is 1. The van der Waals surface area contributed by atoms with E-state index in [4.69, 9.17) is 20.8 Å². The predicted molar refractivity (Wildman–Crippen MR) is 87.3 cm³/mol.